The summed E-state index contributed by atoms with van der Waals surface area (Å²) < 4.78 is 5.09. The molecule has 2 saturated carbocycles. The number of esters is 1. The molecule has 6 nitrogen and oxygen atoms in total. The summed E-state index contributed by atoms with van der Waals surface area (Å²) in [4.78, 5) is 27.1. The summed E-state index contributed by atoms with van der Waals surface area (Å²) in [6.45, 7) is 6.18. The van der Waals surface area contributed by atoms with E-state index in [9.17, 15) is 9.59 Å². The van der Waals surface area contributed by atoms with Gasteiger partial charge in [-0.25, -0.2) is 0 Å². The van der Waals surface area contributed by atoms with Crippen LogP contribution in [0.2, 0.25) is 0 Å². The van der Waals surface area contributed by atoms with E-state index in [-0.39, 0.29) is 17.8 Å². The molecule has 2 aliphatic carbocycles. The van der Waals surface area contributed by atoms with Crippen LogP contribution >= 0.6 is 0 Å². The van der Waals surface area contributed by atoms with Crippen molar-refractivity contribution in [1.29, 1.82) is 0 Å². The molecule has 2 unspecified atom stereocenters. The molecule has 0 spiro atoms. The van der Waals surface area contributed by atoms with Crippen molar-refractivity contribution < 1.29 is 19.4 Å². The van der Waals surface area contributed by atoms with E-state index in [0.29, 0.717) is 30.3 Å². The molecular weight excluding hydrogens is 404 g/mol. The van der Waals surface area contributed by atoms with Crippen LogP contribution in [0.5, 0.6) is 0 Å². The second-order valence-electron chi connectivity index (χ2n) is 9.28. The minimum absolute atomic E-state index is 0.00946. The zero-order valence-corrected chi connectivity index (χ0v) is 18.3. The number of para-hydroxylation sites is 2. The topological polar surface area (TPSA) is 70.1 Å². The van der Waals surface area contributed by atoms with Crippen molar-refractivity contribution in [2.75, 3.05) is 42.6 Å². The number of anilines is 2. The minimum Gasteiger partial charge on any atom is -0.481 e. The first kappa shape index (κ1) is 20.9. The van der Waals surface area contributed by atoms with Crippen LogP contribution in [0, 0.1) is 35.5 Å². The van der Waals surface area contributed by atoms with E-state index in [0.717, 1.165) is 26.2 Å². The molecule has 4 aliphatic rings. The Morgan fingerprint density at radius 3 is 1.56 bits per heavy atom. The summed E-state index contributed by atoms with van der Waals surface area (Å²) in [5.74, 6) is 1.33. The van der Waals surface area contributed by atoms with Crippen LogP contribution in [-0.2, 0) is 14.3 Å². The quantitative estimate of drug-likeness (QED) is 0.728. The third-order valence-electron chi connectivity index (χ3n) is 7.47. The Bertz CT molecular complexity index is 942. The number of nitrogens with zero attached hydrogens (tertiary/aromatic N) is 2. The van der Waals surface area contributed by atoms with Gasteiger partial charge in [0.1, 0.15) is 0 Å². The van der Waals surface area contributed by atoms with Gasteiger partial charge in [0.15, 0.2) is 0 Å². The average molecular weight is 435 g/mol. The van der Waals surface area contributed by atoms with Crippen LogP contribution in [0.4, 0.5) is 11.4 Å². The largest absolute Gasteiger partial charge is 0.481 e. The van der Waals surface area contributed by atoms with Gasteiger partial charge < -0.3 is 19.6 Å². The number of fused-ring (bicyclic) bond motifs is 2. The second kappa shape index (κ2) is 8.49. The lowest BCUT2D eigenvalue weighted by atomic mass is 10.2. The third-order valence-corrected chi connectivity index (χ3v) is 7.47. The fourth-order valence-corrected chi connectivity index (χ4v) is 5.71. The van der Waals surface area contributed by atoms with Crippen molar-refractivity contribution in [3.8, 4) is 0 Å². The average Bonchev–Trinajstić information content (AvgIpc) is 3.55. The van der Waals surface area contributed by atoms with E-state index in [1.807, 2.05) is 31.2 Å². The Balaban J connectivity index is 0.000000136. The maximum absolute atomic E-state index is 11.6. The summed E-state index contributed by atoms with van der Waals surface area (Å²) >= 11 is 0. The number of piperidine rings is 2. The number of ether oxygens (including phenoxy) is 1. The van der Waals surface area contributed by atoms with Gasteiger partial charge in [-0.1, -0.05) is 36.4 Å². The monoisotopic (exact) mass is 434 g/mol. The number of carbonyl (C=O) groups is 2. The number of carboxylic acid groups (broad SMARTS) is 1. The van der Waals surface area contributed by atoms with Gasteiger partial charge in [-0.2, -0.15) is 0 Å². The molecule has 0 bridgehead atoms. The lowest BCUT2D eigenvalue weighted by Gasteiger charge is -2.21. The normalized spacial score (nSPS) is 31.2. The van der Waals surface area contributed by atoms with Crippen LogP contribution < -0.4 is 9.80 Å². The van der Waals surface area contributed by atoms with Gasteiger partial charge in [0.25, 0.3) is 0 Å². The molecule has 1 N–H and O–H groups in total. The molecule has 0 amide bonds. The molecule has 32 heavy (non-hydrogen) atoms. The Labute approximate surface area is 188 Å². The predicted molar refractivity (Wildman–Crippen MR) is 123 cm³/mol. The van der Waals surface area contributed by atoms with Crippen molar-refractivity contribution in [3.05, 3.63) is 60.7 Å². The Kier molecular flexibility index (Phi) is 5.53. The number of hydrogen-bond acceptors (Lipinski definition) is 5. The van der Waals surface area contributed by atoms with E-state index in [1.165, 1.54) is 11.4 Å². The first-order valence-corrected chi connectivity index (χ1v) is 11.6. The highest BCUT2D eigenvalue weighted by atomic mass is 16.5. The van der Waals surface area contributed by atoms with Gasteiger partial charge in [0, 0.05) is 37.6 Å². The number of benzene rings is 2. The Hall–Kier alpha value is -3.02. The number of rotatable bonds is 5. The van der Waals surface area contributed by atoms with E-state index >= 15 is 0 Å². The van der Waals surface area contributed by atoms with Gasteiger partial charge >= 0.3 is 11.9 Å². The highest BCUT2D eigenvalue weighted by Crippen LogP contribution is 2.53. The van der Waals surface area contributed by atoms with Gasteiger partial charge in [0.2, 0.25) is 0 Å². The second-order valence-corrected chi connectivity index (χ2v) is 9.28. The lowest BCUT2D eigenvalue weighted by molar-refractivity contribution is -0.145. The minimum atomic E-state index is -0.613. The van der Waals surface area contributed by atoms with Crippen LogP contribution in [0.25, 0.3) is 0 Å². The molecule has 0 radical (unpaired) electrons. The van der Waals surface area contributed by atoms with Gasteiger partial charge in [-0.15, -0.1) is 0 Å². The van der Waals surface area contributed by atoms with Gasteiger partial charge in [-0.05, 0) is 54.9 Å². The summed E-state index contributed by atoms with van der Waals surface area (Å²) in [5, 5.41) is 8.90. The summed E-state index contributed by atoms with van der Waals surface area (Å²) in [6, 6.07) is 20.6. The van der Waals surface area contributed by atoms with E-state index in [2.05, 4.69) is 46.2 Å². The zero-order chi connectivity index (χ0) is 22.2. The van der Waals surface area contributed by atoms with E-state index in [1.54, 1.807) is 0 Å². The van der Waals surface area contributed by atoms with E-state index in [4.69, 9.17) is 9.84 Å². The van der Waals surface area contributed by atoms with Gasteiger partial charge in [0.05, 0.1) is 18.4 Å². The molecule has 2 heterocycles. The molecule has 6 rings (SSSR count). The van der Waals surface area contributed by atoms with Crippen molar-refractivity contribution in [2.24, 2.45) is 35.5 Å². The summed E-state index contributed by atoms with van der Waals surface area (Å²) in [5.41, 5.74) is 2.48. The third kappa shape index (κ3) is 3.94. The number of carbonyl (C=O) groups excluding carboxylic acids is 1. The Morgan fingerprint density at radius 2 is 1.19 bits per heavy atom. The predicted octanol–water partition coefficient (Wildman–Crippen LogP) is 3.39. The van der Waals surface area contributed by atoms with Gasteiger partial charge in [-0.3, -0.25) is 9.59 Å². The maximum Gasteiger partial charge on any atom is 0.309 e. The smallest absolute Gasteiger partial charge is 0.309 e. The highest BCUT2D eigenvalue weighted by Gasteiger charge is 2.60. The SMILES string of the molecule is CCOC(=O)C1[C@H]2CN(c3ccccc3)C[C@@H]12.O=C(O)C1[C@H]2CN(c3ccccc3)C[C@@H]12. The van der Waals surface area contributed by atoms with E-state index < -0.39 is 5.97 Å². The number of hydrogen-bond donors (Lipinski definition) is 1. The molecule has 4 fully saturated rings. The molecule has 2 aromatic rings. The van der Waals surface area contributed by atoms with Crippen molar-refractivity contribution >= 4 is 23.3 Å². The fourth-order valence-electron chi connectivity index (χ4n) is 5.71. The summed E-state index contributed by atoms with van der Waals surface area (Å²) in [7, 11) is 0. The van der Waals surface area contributed by atoms with Crippen LogP contribution in [0.1, 0.15) is 6.92 Å². The fraction of sp³-hybridized carbons (Fsp3) is 0.462. The van der Waals surface area contributed by atoms with Crippen molar-refractivity contribution in [2.45, 2.75) is 6.92 Å². The zero-order valence-electron chi connectivity index (χ0n) is 18.3. The molecule has 6 heteroatoms. The standard InChI is InChI=1S/C14H17NO2.C12H13NO2/c1-2-17-14(16)13-11-8-15(9-12(11)13)10-6-4-3-5-7-10;14-12(15)11-9-6-13(7-10(9)11)8-4-2-1-3-5-8/h3-7,11-13H,2,8-9H2,1H3;1-5,9-11H,6-7H2,(H,14,15)/t11-,12+,13?;9-,10+,11?. The molecule has 2 aliphatic heterocycles. The van der Waals surface area contributed by atoms with Crippen molar-refractivity contribution in [3.63, 3.8) is 0 Å². The number of carboxylic acids is 1. The first-order valence-electron chi connectivity index (χ1n) is 11.6. The molecule has 0 aromatic heterocycles. The maximum atomic E-state index is 11.6. The molecule has 168 valence electrons. The highest BCUT2D eigenvalue weighted by molar-refractivity contribution is 5.78. The first-order chi connectivity index (χ1) is 15.6. The summed E-state index contributed by atoms with van der Waals surface area (Å²) in [6.07, 6.45) is 0. The Morgan fingerprint density at radius 1 is 0.781 bits per heavy atom. The lowest BCUT2D eigenvalue weighted by Crippen LogP contribution is -2.26. The molecular formula is C26H30N2O4. The molecule has 2 aromatic carbocycles. The molecule has 2 saturated heterocycles. The van der Waals surface area contributed by atoms with Crippen LogP contribution in [0.3, 0.4) is 0 Å². The number of aliphatic carboxylic acids is 1. The van der Waals surface area contributed by atoms with Crippen LogP contribution in [0.15, 0.2) is 60.7 Å². The van der Waals surface area contributed by atoms with Crippen molar-refractivity contribution in [1.82, 2.24) is 0 Å². The van der Waals surface area contributed by atoms with Crippen LogP contribution in [-0.4, -0.2) is 49.8 Å². The molecule has 6 atom stereocenters.